The van der Waals surface area contributed by atoms with Gasteiger partial charge in [0.15, 0.2) is 0 Å². The molecule has 0 bridgehead atoms. The standard InChI is InChI=1S/C17H32O7P2/c1-15(2)9-7-10-16(3)11-8-12-17(4)13-14-23-26(20,22-6)24-25(18,19)21-5/h9,11,13H,7-8,10,12,14H2,1-6H3,(H,18,19)/b16-11+,17-13+. The van der Waals surface area contributed by atoms with E-state index in [0.717, 1.165) is 45.5 Å². The Kier molecular flexibility index (Phi) is 12.5. The molecule has 9 heteroatoms. The number of hydrogen-bond acceptors (Lipinski definition) is 6. The maximum absolute atomic E-state index is 12.1. The zero-order chi connectivity index (χ0) is 20.2. The zero-order valence-electron chi connectivity index (χ0n) is 16.6. The van der Waals surface area contributed by atoms with E-state index in [2.05, 4.69) is 46.3 Å². The Morgan fingerprint density at radius 1 is 0.885 bits per heavy atom. The molecule has 1 N–H and O–H groups in total. The van der Waals surface area contributed by atoms with Crippen LogP contribution >= 0.6 is 15.6 Å². The summed E-state index contributed by atoms with van der Waals surface area (Å²) in [6, 6.07) is 0. The van der Waals surface area contributed by atoms with Gasteiger partial charge in [-0.25, -0.2) is 9.13 Å². The topological polar surface area (TPSA) is 91.3 Å². The van der Waals surface area contributed by atoms with Crippen molar-refractivity contribution in [3.05, 3.63) is 34.9 Å². The minimum Gasteiger partial charge on any atom is -0.302 e. The van der Waals surface area contributed by atoms with Crippen LogP contribution in [0.4, 0.5) is 0 Å². The first-order chi connectivity index (χ1) is 12.0. The number of phosphoric ester groups is 2. The van der Waals surface area contributed by atoms with E-state index >= 15 is 0 Å². The lowest BCUT2D eigenvalue weighted by Gasteiger charge is -2.16. The number of hydrogen-bond donors (Lipinski definition) is 1. The molecular weight excluding hydrogens is 378 g/mol. The van der Waals surface area contributed by atoms with Crippen molar-refractivity contribution in [1.82, 2.24) is 0 Å². The Labute approximate surface area is 157 Å². The van der Waals surface area contributed by atoms with Crippen LogP contribution in [0.3, 0.4) is 0 Å². The number of allylic oxidation sites excluding steroid dienone is 5. The van der Waals surface area contributed by atoms with Crippen LogP contribution in [0.5, 0.6) is 0 Å². The molecule has 0 aliphatic heterocycles. The monoisotopic (exact) mass is 410 g/mol. The summed E-state index contributed by atoms with van der Waals surface area (Å²) in [5.74, 6) is 0. The van der Waals surface area contributed by atoms with Crippen LogP contribution in [0.25, 0.3) is 0 Å². The summed E-state index contributed by atoms with van der Waals surface area (Å²) < 4.78 is 41.6. The van der Waals surface area contributed by atoms with Gasteiger partial charge in [0.2, 0.25) is 0 Å². The Balaban J connectivity index is 4.37. The Morgan fingerprint density at radius 2 is 1.42 bits per heavy atom. The highest BCUT2D eigenvalue weighted by Gasteiger charge is 2.36. The van der Waals surface area contributed by atoms with Crippen LogP contribution in [0.1, 0.15) is 53.4 Å². The second kappa shape index (κ2) is 12.8. The molecule has 0 saturated carbocycles. The van der Waals surface area contributed by atoms with Crippen LogP contribution < -0.4 is 0 Å². The van der Waals surface area contributed by atoms with Gasteiger partial charge >= 0.3 is 15.6 Å². The van der Waals surface area contributed by atoms with E-state index in [1.54, 1.807) is 6.08 Å². The SMILES string of the molecule is COP(=O)(O)OP(=O)(OC)OC/C=C(\C)CC/C=C(\C)CCC=C(C)C. The summed E-state index contributed by atoms with van der Waals surface area (Å²) in [5.41, 5.74) is 3.72. The summed E-state index contributed by atoms with van der Waals surface area (Å²) in [5, 5.41) is 0. The van der Waals surface area contributed by atoms with Crippen molar-refractivity contribution in [3.63, 3.8) is 0 Å². The smallest absolute Gasteiger partial charge is 0.302 e. The van der Waals surface area contributed by atoms with Crippen molar-refractivity contribution in [2.24, 2.45) is 0 Å². The van der Waals surface area contributed by atoms with E-state index < -0.39 is 15.6 Å². The first-order valence-electron chi connectivity index (χ1n) is 8.38. The third-order valence-electron chi connectivity index (χ3n) is 3.44. The molecule has 7 nitrogen and oxygen atoms in total. The molecule has 0 fully saturated rings. The van der Waals surface area contributed by atoms with Crippen LogP contribution in [-0.4, -0.2) is 25.7 Å². The summed E-state index contributed by atoms with van der Waals surface area (Å²) in [6.45, 7) is 8.18. The minimum absolute atomic E-state index is 0.0655. The van der Waals surface area contributed by atoms with Gasteiger partial charge in [-0.2, -0.15) is 4.31 Å². The van der Waals surface area contributed by atoms with Gasteiger partial charge in [-0.3, -0.25) is 13.6 Å². The molecule has 0 aromatic heterocycles. The highest BCUT2D eigenvalue weighted by molar-refractivity contribution is 7.61. The third-order valence-corrected chi connectivity index (χ3v) is 6.44. The average Bonchev–Trinajstić information content (AvgIpc) is 2.54. The fourth-order valence-corrected chi connectivity index (χ4v) is 3.97. The van der Waals surface area contributed by atoms with Crippen LogP contribution in [0, 0.1) is 0 Å². The van der Waals surface area contributed by atoms with Crippen LogP contribution in [0.15, 0.2) is 34.9 Å². The largest absolute Gasteiger partial charge is 0.483 e. The predicted octanol–water partition coefficient (Wildman–Crippen LogP) is 5.94. The van der Waals surface area contributed by atoms with Gasteiger partial charge in [0, 0.05) is 14.2 Å². The van der Waals surface area contributed by atoms with Crippen molar-refractivity contribution in [2.75, 3.05) is 20.8 Å². The lowest BCUT2D eigenvalue weighted by atomic mass is 10.1. The van der Waals surface area contributed by atoms with Gasteiger partial charge in [-0.1, -0.05) is 34.9 Å². The molecule has 0 spiro atoms. The van der Waals surface area contributed by atoms with Crippen molar-refractivity contribution in [1.29, 1.82) is 0 Å². The van der Waals surface area contributed by atoms with E-state index in [-0.39, 0.29) is 6.61 Å². The number of rotatable bonds is 13. The molecule has 0 heterocycles. The van der Waals surface area contributed by atoms with Gasteiger partial charge in [0.25, 0.3) is 0 Å². The Morgan fingerprint density at radius 3 is 1.92 bits per heavy atom. The van der Waals surface area contributed by atoms with Gasteiger partial charge in [0.05, 0.1) is 6.61 Å². The van der Waals surface area contributed by atoms with Gasteiger partial charge in [-0.05, 0) is 53.4 Å². The molecule has 0 aliphatic carbocycles. The zero-order valence-corrected chi connectivity index (χ0v) is 18.3. The summed E-state index contributed by atoms with van der Waals surface area (Å²) >= 11 is 0. The fourth-order valence-electron chi connectivity index (χ4n) is 1.88. The fraction of sp³-hybridized carbons (Fsp3) is 0.647. The van der Waals surface area contributed by atoms with E-state index in [1.807, 2.05) is 6.92 Å². The summed E-state index contributed by atoms with van der Waals surface area (Å²) in [4.78, 5) is 9.21. The lowest BCUT2D eigenvalue weighted by Crippen LogP contribution is -1.98. The van der Waals surface area contributed by atoms with Crippen LogP contribution in [-0.2, 0) is 27.0 Å². The van der Waals surface area contributed by atoms with E-state index in [4.69, 9.17) is 4.52 Å². The molecule has 152 valence electrons. The average molecular weight is 410 g/mol. The van der Waals surface area contributed by atoms with Crippen molar-refractivity contribution >= 4 is 15.6 Å². The highest BCUT2D eigenvalue weighted by atomic mass is 31.3. The van der Waals surface area contributed by atoms with Gasteiger partial charge < -0.3 is 4.89 Å². The van der Waals surface area contributed by atoms with E-state index in [0.29, 0.717) is 0 Å². The molecule has 0 aromatic rings. The maximum atomic E-state index is 12.1. The van der Waals surface area contributed by atoms with Crippen molar-refractivity contribution in [2.45, 2.75) is 53.4 Å². The molecule has 0 saturated heterocycles. The molecule has 0 radical (unpaired) electrons. The minimum atomic E-state index is -4.47. The van der Waals surface area contributed by atoms with Gasteiger partial charge in [0.1, 0.15) is 0 Å². The first kappa shape index (κ1) is 25.5. The van der Waals surface area contributed by atoms with Crippen molar-refractivity contribution < 1.29 is 31.9 Å². The molecule has 2 unspecified atom stereocenters. The lowest BCUT2D eigenvalue weighted by molar-refractivity contribution is 0.161. The molecule has 0 amide bonds. The molecule has 26 heavy (non-hydrogen) atoms. The normalized spacial score (nSPS) is 17.5. The summed E-state index contributed by atoms with van der Waals surface area (Å²) in [7, 11) is -6.60. The Hall–Kier alpha value is -0.520. The molecule has 0 aliphatic rings. The molecular formula is C17H32O7P2. The van der Waals surface area contributed by atoms with E-state index in [9.17, 15) is 14.0 Å². The van der Waals surface area contributed by atoms with Crippen molar-refractivity contribution in [3.8, 4) is 0 Å². The second-order valence-electron chi connectivity index (χ2n) is 6.12. The maximum Gasteiger partial charge on any atom is 0.483 e. The van der Waals surface area contributed by atoms with E-state index in [1.165, 1.54) is 11.1 Å². The van der Waals surface area contributed by atoms with Gasteiger partial charge in [-0.15, -0.1) is 0 Å². The molecule has 2 atom stereocenters. The highest BCUT2D eigenvalue weighted by Crippen LogP contribution is 2.62. The first-order valence-corrected chi connectivity index (χ1v) is 11.3. The van der Waals surface area contributed by atoms with Crippen LogP contribution in [0.2, 0.25) is 0 Å². The molecule has 0 rings (SSSR count). The quantitative estimate of drug-likeness (QED) is 0.297. The second-order valence-corrected chi connectivity index (χ2v) is 9.59. The molecule has 0 aromatic carbocycles. The number of phosphoric acid groups is 2. The summed E-state index contributed by atoms with van der Waals surface area (Å²) in [6.07, 6.45) is 10.00. The predicted molar refractivity (Wildman–Crippen MR) is 104 cm³/mol. The Bertz CT molecular complexity index is 604. The third kappa shape index (κ3) is 12.8.